The van der Waals surface area contributed by atoms with E-state index in [0.717, 1.165) is 63.0 Å². The maximum atomic E-state index is 12.8. The average molecular weight is 303 g/mol. The Hall–Kier alpha value is -1.40. The van der Waals surface area contributed by atoms with Gasteiger partial charge in [0.15, 0.2) is 5.69 Å². The summed E-state index contributed by atoms with van der Waals surface area (Å²) in [6, 6.07) is 0.764. The maximum absolute atomic E-state index is 12.8. The van der Waals surface area contributed by atoms with Crippen LogP contribution in [0.1, 0.15) is 47.4 Å². The van der Waals surface area contributed by atoms with Crippen molar-refractivity contribution >= 4 is 5.91 Å². The summed E-state index contributed by atoms with van der Waals surface area (Å²) in [7, 11) is 0. The van der Waals surface area contributed by atoms with Crippen LogP contribution in [0, 0.1) is 0 Å². The van der Waals surface area contributed by atoms with Gasteiger partial charge in [-0.05, 0) is 12.8 Å². The summed E-state index contributed by atoms with van der Waals surface area (Å²) in [5, 5.41) is 10.7. The summed E-state index contributed by atoms with van der Waals surface area (Å²) in [4.78, 5) is 17.3. The molecule has 120 valence electrons. The topological polar surface area (TPSA) is 64.3 Å². The van der Waals surface area contributed by atoms with E-state index < -0.39 is 0 Å². The smallest absolute Gasteiger partial charge is 0.274 e. The number of hydrogen-bond donors (Lipinski definition) is 2. The molecule has 0 aromatic carbocycles. The molecule has 22 heavy (non-hydrogen) atoms. The molecule has 6 heteroatoms. The van der Waals surface area contributed by atoms with E-state index in [9.17, 15) is 4.79 Å². The first-order valence-corrected chi connectivity index (χ1v) is 8.63. The van der Waals surface area contributed by atoms with Gasteiger partial charge in [-0.25, -0.2) is 0 Å². The van der Waals surface area contributed by atoms with Crippen LogP contribution < -0.4 is 5.32 Å². The van der Waals surface area contributed by atoms with Crippen molar-refractivity contribution in [3.05, 3.63) is 17.0 Å². The zero-order valence-electron chi connectivity index (χ0n) is 13.1. The first-order chi connectivity index (χ1) is 10.8. The predicted molar refractivity (Wildman–Crippen MR) is 83.7 cm³/mol. The number of fused-ring (bicyclic) bond motifs is 1. The summed E-state index contributed by atoms with van der Waals surface area (Å²) >= 11 is 0. The van der Waals surface area contributed by atoms with Gasteiger partial charge in [0.1, 0.15) is 0 Å². The minimum atomic E-state index is 0.104. The van der Waals surface area contributed by atoms with E-state index in [4.69, 9.17) is 0 Å². The van der Waals surface area contributed by atoms with Crippen LogP contribution in [-0.4, -0.2) is 64.7 Å². The van der Waals surface area contributed by atoms with Gasteiger partial charge in [-0.2, -0.15) is 5.10 Å². The largest absolute Gasteiger partial charge is 0.335 e. The standard InChI is InChI=1S/C16H25N5O/c22-16(15-13-11-17-6-5-14(13)18-19-15)21-9-7-20(8-10-21)12-3-1-2-4-12/h12,17H,1-11H2,(H,18,19). The molecule has 6 nitrogen and oxygen atoms in total. The monoisotopic (exact) mass is 303 g/mol. The number of rotatable bonds is 2. The molecule has 1 amide bonds. The number of nitrogens with one attached hydrogen (secondary N) is 2. The molecule has 3 heterocycles. The third-order valence-electron chi connectivity index (χ3n) is 5.45. The first kappa shape index (κ1) is 14.2. The van der Waals surface area contributed by atoms with Crippen molar-refractivity contribution < 1.29 is 4.79 Å². The second-order valence-electron chi connectivity index (χ2n) is 6.72. The molecule has 0 bridgehead atoms. The first-order valence-electron chi connectivity index (χ1n) is 8.63. The van der Waals surface area contributed by atoms with Crippen LogP contribution in [0.25, 0.3) is 0 Å². The van der Waals surface area contributed by atoms with Gasteiger partial charge in [-0.15, -0.1) is 0 Å². The molecule has 1 aliphatic carbocycles. The van der Waals surface area contributed by atoms with Gasteiger partial charge in [0, 0.05) is 63.0 Å². The Bertz CT molecular complexity index is 541. The van der Waals surface area contributed by atoms with E-state index in [-0.39, 0.29) is 5.91 Å². The molecule has 4 rings (SSSR count). The summed E-state index contributed by atoms with van der Waals surface area (Å²) in [6.45, 7) is 5.43. The lowest BCUT2D eigenvalue weighted by Crippen LogP contribution is -2.51. The zero-order chi connectivity index (χ0) is 14.9. The highest BCUT2D eigenvalue weighted by Crippen LogP contribution is 2.25. The Labute approximate surface area is 131 Å². The van der Waals surface area contributed by atoms with Gasteiger partial charge in [0.25, 0.3) is 5.91 Å². The van der Waals surface area contributed by atoms with E-state index in [1.807, 2.05) is 4.90 Å². The Morgan fingerprint density at radius 2 is 1.91 bits per heavy atom. The molecule has 0 atom stereocenters. The normalized spacial score (nSPS) is 23.7. The summed E-state index contributed by atoms with van der Waals surface area (Å²) < 4.78 is 0. The maximum Gasteiger partial charge on any atom is 0.274 e. The summed E-state index contributed by atoms with van der Waals surface area (Å²) in [6.07, 6.45) is 6.36. The van der Waals surface area contributed by atoms with Crippen LogP contribution >= 0.6 is 0 Å². The SMILES string of the molecule is O=C(c1n[nH]c2c1CNCC2)N1CCN(C2CCCC2)CC1. The number of carbonyl (C=O) groups excluding carboxylic acids is 1. The molecular formula is C16H25N5O. The summed E-state index contributed by atoms with van der Waals surface area (Å²) in [5.74, 6) is 0.104. The molecule has 1 saturated carbocycles. The van der Waals surface area contributed by atoms with Crippen molar-refractivity contribution in [2.45, 2.75) is 44.7 Å². The molecule has 2 fully saturated rings. The number of carbonyl (C=O) groups is 1. The lowest BCUT2D eigenvalue weighted by Gasteiger charge is -2.37. The molecule has 0 spiro atoms. The van der Waals surface area contributed by atoms with E-state index in [2.05, 4.69) is 20.4 Å². The Balaban J connectivity index is 1.40. The number of aromatic nitrogens is 2. The van der Waals surface area contributed by atoms with E-state index in [0.29, 0.717) is 5.69 Å². The molecule has 2 aliphatic heterocycles. The van der Waals surface area contributed by atoms with Crippen molar-refractivity contribution in [3.63, 3.8) is 0 Å². The van der Waals surface area contributed by atoms with Gasteiger partial charge >= 0.3 is 0 Å². The Morgan fingerprint density at radius 1 is 1.14 bits per heavy atom. The fourth-order valence-electron chi connectivity index (χ4n) is 4.11. The number of amides is 1. The van der Waals surface area contributed by atoms with Crippen LogP contribution in [0.3, 0.4) is 0 Å². The molecule has 0 radical (unpaired) electrons. The van der Waals surface area contributed by atoms with Crippen molar-refractivity contribution in [3.8, 4) is 0 Å². The highest BCUT2D eigenvalue weighted by atomic mass is 16.2. The third-order valence-corrected chi connectivity index (χ3v) is 5.45. The second-order valence-corrected chi connectivity index (χ2v) is 6.72. The highest BCUT2D eigenvalue weighted by molar-refractivity contribution is 5.94. The summed E-state index contributed by atoms with van der Waals surface area (Å²) in [5.41, 5.74) is 2.85. The van der Waals surface area contributed by atoms with Crippen molar-refractivity contribution in [2.24, 2.45) is 0 Å². The zero-order valence-corrected chi connectivity index (χ0v) is 13.1. The number of hydrogen-bond acceptors (Lipinski definition) is 4. The van der Waals surface area contributed by atoms with Crippen LogP contribution in [0.15, 0.2) is 0 Å². The number of H-pyrrole nitrogens is 1. The van der Waals surface area contributed by atoms with Gasteiger partial charge < -0.3 is 10.2 Å². The fourth-order valence-corrected chi connectivity index (χ4v) is 4.11. The molecule has 1 aromatic rings. The molecule has 1 aromatic heterocycles. The minimum Gasteiger partial charge on any atom is -0.335 e. The van der Waals surface area contributed by atoms with Crippen LogP contribution in [0.4, 0.5) is 0 Å². The average Bonchev–Trinajstić information content (AvgIpc) is 3.24. The van der Waals surface area contributed by atoms with E-state index >= 15 is 0 Å². The number of nitrogens with zero attached hydrogens (tertiary/aromatic N) is 3. The number of aromatic amines is 1. The van der Waals surface area contributed by atoms with Gasteiger partial charge in [-0.3, -0.25) is 14.8 Å². The Morgan fingerprint density at radius 3 is 2.68 bits per heavy atom. The fraction of sp³-hybridized carbons (Fsp3) is 0.750. The lowest BCUT2D eigenvalue weighted by molar-refractivity contribution is 0.0566. The molecular weight excluding hydrogens is 278 g/mol. The van der Waals surface area contributed by atoms with Gasteiger partial charge in [-0.1, -0.05) is 12.8 Å². The van der Waals surface area contributed by atoms with Crippen molar-refractivity contribution in [2.75, 3.05) is 32.7 Å². The minimum absolute atomic E-state index is 0.104. The lowest BCUT2D eigenvalue weighted by atomic mass is 10.1. The second kappa shape index (κ2) is 6.01. The van der Waals surface area contributed by atoms with Crippen molar-refractivity contribution in [1.82, 2.24) is 25.3 Å². The van der Waals surface area contributed by atoms with Gasteiger partial charge in [0.05, 0.1) is 0 Å². The van der Waals surface area contributed by atoms with Crippen LogP contribution in [0.2, 0.25) is 0 Å². The Kier molecular flexibility index (Phi) is 3.88. The molecule has 0 unspecified atom stereocenters. The van der Waals surface area contributed by atoms with E-state index in [1.165, 1.54) is 25.7 Å². The molecule has 3 aliphatic rings. The van der Waals surface area contributed by atoms with Crippen molar-refractivity contribution in [1.29, 1.82) is 0 Å². The van der Waals surface area contributed by atoms with Crippen LogP contribution in [0.5, 0.6) is 0 Å². The predicted octanol–water partition coefficient (Wildman–Crippen LogP) is 0.756. The van der Waals surface area contributed by atoms with Gasteiger partial charge in [0.2, 0.25) is 0 Å². The van der Waals surface area contributed by atoms with Crippen LogP contribution in [-0.2, 0) is 13.0 Å². The highest BCUT2D eigenvalue weighted by Gasteiger charge is 2.30. The molecule has 2 N–H and O–H groups in total. The quantitative estimate of drug-likeness (QED) is 0.846. The van der Waals surface area contributed by atoms with E-state index in [1.54, 1.807) is 0 Å². The third kappa shape index (κ3) is 2.54. The molecule has 1 saturated heterocycles. The number of piperazine rings is 1.